The van der Waals surface area contributed by atoms with E-state index in [0.29, 0.717) is 12.1 Å². The van der Waals surface area contributed by atoms with Crippen molar-refractivity contribution in [1.29, 1.82) is 0 Å². The molecule has 0 saturated heterocycles. The first-order chi connectivity index (χ1) is 6.15. The summed E-state index contributed by atoms with van der Waals surface area (Å²) in [6.45, 7) is 0. The molecule has 0 aliphatic heterocycles. The van der Waals surface area contributed by atoms with Crippen LogP contribution in [0.3, 0.4) is 0 Å². The lowest BCUT2D eigenvalue weighted by Gasteiger charge is -2.09. The van der Waals surface area contributed by atoms with Gasteiger partial charge in [-0.25, -0.2) is 0 Å². The quantitative estimate of drug-likeness (QED) is 0.651. The fraction of sp³-hybridized carbons (Fsp3) is 0.125. The predicted molar refractivity (Wildman–Crippen MR) is 47.2 cm³/mol. The van der Waals surface area contributed by atoms with Crippen molar-refractivity contribution in [3.05, 3.63) is 24.0 Å². The van der Waals surface area contributed by atoms with Gasteiger partial charge in [0.15, 0.2) is 0 Å². The van der Waals surface area contributed by atoms with E-state index in [-0.39, 0.29) is 5.69 Å². The van der Waals surface area contributed by atoms with Crippen molar-refractivity contribution in [2.75, 3.05) is 11.9 Å². The second kappa shape index (κ2) is 3.66. The normalized spacial score (nSPS) is 9.31. The molecule has 1 aromatic rings. The number of carbonyl (C=O) groups is 2. The van der Waals surface area contributed by atoms with Gasteiger partial charge in [-0.1, -0.05) is 0 Å². The van der Waals surface area contributed by atoms with E-state index >= 15 is 0 Å². The van der Waals surface area contributed by atoms with Gasteiger partial charge in [0.05, 0.1) is 0 Å². The van der Waals surface area contributed by atoms with Gasteiger partial charge in [0.25, 0.3) is 5.91 Å². The van der Waals surface area contributed by atoms with E-state index in [1.807, 2.05) is 0 Å². The number of rotatable bonds is 3. The Morgan fingerprint density at radius 1 is 1.69 bits per heavy atom. The van der Waals surface area contributed by atoms with Gasteiger partial charge in [0.1, 0.15) is 5.69 Å². The Morgan fingerprint density at radius 3 is 2.92 bits per heavy atom. The zero-order chi connectivity index (χ0) is 9.84. The van der Waals surface area contributed by atoms with Crippen LogP contribution in [-0.4, -0.2) is 24.3 Å². The molecule has 68 valence electrons. The van der Waals surface area contributed by atoms with E-state index < -0.39 is 5.91 Å². The number of hydrogen-bond acceptors (Lipinski definition) is 3. The van der Waals surface area contributed by atoms with Crippen molar-refractivity contribution in [1.82, 2.24) is 4.98 Å². The molecule has 0 radical (unpaired) electrons. The Labute approximate surface area is 75.2 Å². The monoisotopic (exact) mass is 179 g/mol. The molecule has 13 heavy (non-hydrogen) atoms. The molecular formula is C8H9N3O2. The van der Waals surface area contributed by atoms with Gasteiger partial charge in [-0.15, -0.1) is 0 Å². The molecule has 1 aromatic heterocycles. The minimum absolute atomic E-state index is 0.145. The summed E-state index contributed by atoms with van der Waals surface area (Å²) in [6, 6.07) is 3.07. The average molecular weight is 179 g/mol. The maximum atomic E-state index is 10.7. The Bertz CT molecular complexity index is 338. The van der Waals surface area contributed by atoms with Crippen LogP contribution in [0.15, 0.2) is 18.3 Å². The summed E-state index contributed by atoms with van der Waals surface area (Å²) in [7, 11) is 1.58. The molecule has 0 spiro atoms. The molecule has 0 fully saturated rings. The Morgan fingerprint density at radius 2 is 2.38 bits per heavy atom. The summed E-state index contributed by atoms with van der Waals surface area (Å²) < 4.78 is 0. The molecule has 1 rings (SSSR count). The number of aromatic nitrogens is 1. The van der Waals surface area contributed by atoms with Gasteiger partial charge in [-0.05, 0) is 12.1 Å². The van der Waals surface area contributed by atoms with E-state index in [1.165, 1.54) is 17.2 Å². The standard InChI is InChI=1S/C8H9N3O2/c1-11(5-12)6-2-3-10-7(4-6)8(9)13/h2-5H,1H3,(H2,9,13). The molecule has 0 saturated carbocycles. The Balaban J connectivity index is 3.04. The fourth-order valence-corrected chi connectivity index (χ4v) is 0.834. The number of anilines is 1. The lowest BCUT2D eigenvalue weighted by atomic mass is 10.3. The number of hydrogen-bond donors (Lipinski definition) is 1. The molecule has 5 heteroatoms. The van der Waals surface area contributed by atoms with Crippen molar-refractivity contribution in [3.63, 3.8) is 0 Å². The lowest BCUT2D eigenvalue weighted by Crippen LogP contribution is -2.17. The number of nitrogens with two attached hydrogens (primary N) is 1. The van der Waals surface area contributed by atoms with Gasteiger partial charge in [-0.2, -0.15) is 0 Å². The molecule has 0 aliphatic rings. The second-order valence-electron chi connectivity index (χ2n) is 2.48. The molecule has 0 atom stereocenters. The van der Waals surface area contributed by atoms with Gasteiger partial charge >= 0.3 is 0 Å². The van der Waals surface area contributed by atoms with Gasteiger partial charge in [0.2, 0.25) is 6.41 Å². The van der Waals surface area contributed by atoms with Crippen LogP contribution in [0.1, 0.15) is 10.5 Å². The summed E-state index contributed by atoms with van der Waals surface area (Å²) in [5, 5.41) is 0. The van der Waals surface area contributed by atoms with Crippen LogP contribution in [-0.2, 0) is 4.79 Å². The van der Waals surface area contributed by atoms with Crippen LogP contribution in [0.25, 0.3) is 0 Å². The van der Waals surface area contributed by atoms with Gasteiger partial charge in [-0.3, -0.25) is 14.6 Å². The van der Waals surface area contributed by atoms with E-state index in [0.717, 1.165) is 0 Å². The first-order valence-electron chi connectivity index (χ1n) is 3.59. The van der Waals surface area contributed by atoms with Gasteiger partial charge in [0, 0.05) is 18.9 Å². The largest absolute Gasteiger partial charge is 0.364 e. The van der Waals surface area contributed by atoms with E-state index in [4.69, 9.17) is 5.73 Å². The van der Waals surface area contributed by atoms with Crippen molar-refractivity contribution in [2.45, 2.75) is 0 Å². The minimum Gasteiger partial charge on any atom is -0.364 e. The van der Waals surface area contributed by atoms with Crippen LogP contribution in [0, 0.1) is 0 Å². The number of primary amides is 1. The lowest BCUT2D eigenvalue weighted by molar-refractivity contribution is -0.107. The minimum atomic E-state index is -0.610. The molecule has 0 unspecified atom stereocenters. The SMILES string of the molecule is CN(C=O)c1ccnc(C(N)=O)c1. The molecule has 2 N–H and O–H groups in total. The van der Waals surface area contributed by atoms with E-state index in [9.17, 15) is 9.59 Å². The predicted octanol–water partition coefficient (Wildman–Crippen LogP) is -0.227. The van der Waals surface area contributed by atoms with Crippen LogP contribution in [0.4, 0.5) is 5.69 Å². The average Bonchev–Trinajstić information content (AvgIpc) is 2.17. The number of pyridine rings is 1. The Hall–Kier alpha value is -1.91. The molecule has 0 aliphatic carbocycles. The second-order valence-corrected chi connectivity index (χ2v) is 2.48. The molecule has 1 heterocycles. The first-order valence-corrected chi connectivity index (χ1v) is 3.59. The first kappa shape index (κ1) is 9.18. The van der Waals surface area contributed by atoms with Crippen molar-refractivity contribution in [3.8, 4) is 0 Å². The van der Waals surface area contributed by atoms with Crippen LogP contribution >= 0.6 is 0 Å². The summed E-state index contributed by atoms with van der Waals surface area (Å²) in [4.78, 5) is 26.2. The highest BCUT2D eigenvalue weighted by atomic mass is 16.1. The van der Waals surface area contributed by atoms with Crippen molar-refractivity contribution >= 4 is 18.0 Å². The Kier molecular flexibility index (Phi) is 2.59. The summed E-state index contributed by atoms with van der Waals surface area (Å²) >= 11 is 0. The number of nitrogens with zero attached hydrogens (tertiary/aromatic N) is 2. The smallest absolute Gasteiger partial charge is 0.267 e. The number of amides is 2. The highest BCUT2D eigenvalue weighted by molar-refractivity contribution is 5.92. The van der Waals surface area contributed by atoms with Crippen molar-refractivity contribution in [2.24, 2.45) is 5.73 Å². The topological polar surface area (TPSA) is 76.3 Å². The summed E-state index contributed by atoms with van der Waals surface area (Å²) in [5.74, 6) is -0.610. The van der Waals surface area contributed by atoms with Crippen molar-refractivity contribution < 1.29 is 9.59 Å². The zero-order valence-corrected chi connectivity index (χ0v) is 7.10. The summed E-state index contributed by atoms with van der Waals surface area (Å²) in [6.07, 6.45) is 2.07. The highest BCUT2D eigenvalue weighted by Crippen LogP contribution is 2.10. The molecule has 2 amide bonds. The third kappa shape index (κ3) is 2.02. The third-order valence-corrected chi connectivity index (χ3v) is 1.56. The van der Waals surface area contributed by atoms with Crippen LogP contribution < -0.4 is 10.6 Å². The van der Waals surface area contributed by atoms with E-state index in [1.54, 1.807) is 13.1 Å². The zero-order valence-electron chi connectivity index (χ0n) is 7.10. The number of carbonyl (C=O) groups excluding carboxylic acids is 2. The fourth-order valence-electron chi connectivity index (χ4n) is 0.834. The molecule has 5 nitrogen and oxygen atoms in total. The van der Waals surface area contributed by atoms with E-state index in [2.05, 4.69) is 4.98 Å². The molecule has 0 aromatic carbocycles. The maximum Gasteiger partial charge on any atom is 0.267 e. The van der Waals surface area contributed by atoms with Crippen LogP contribution in [0.5, 0.6) is 0 Å². The molecular weight excluding hydrogens is 170 g/mol. The van der Waals surface area contributed by atoms with Gasteiger partial charge < -0.3 is 10.6 Å². The van der Waals surface area contributed by atoms with Crippen LogP contribution in [0.2, 0.25) is 0 Å². The highest BCUT2D eigenvalue weighted by Gasteiger charge is 2.04. The molecule has 0 bridgehead atoms. The third-order valence-electron chi connectivity index (χ3n) is 1.56. The maximum absolute atomic E-state index is 10.7. The summed E-state index contributed by atoms with van der Waals surface area (Å²) in [5.41, 5.74) is 5.74.